The number of nitrogens with zero attached hydrogens (tertiary/aromatic N) is 4. The molecule has 1 aliphatic rings. The molecule has 0 saturated heterocycles. The van der Waals surface area contributed by atoms with E-state index in [0.29, 0.717) is 24.3 Å². The summed E-state index contributed by atoms with van der Waals surface area (Å²) in [6.07, 6.45) is 6.90. The molecule has 1 aromatic rings. The summed E-state index contributed by atoms with van der Waals surface area (Å²) in [5.41, 5.74) is 3.80. The Kier molecular flexibility index (Phi) is 5.97. The highest BCUT2D eigenvalue weighted by atomic mass is 16.7. The van der Waals surface area contributed by atoms with Gasteiger partial charge in [0.2, 0.25) is 6.41 Å². The van der Waals surface area contributed by atoms with E-state index < -0.39 is 0 Å². The summed E-state index contributed by atoms with van der Waals surface area (Å²) in [6, 6.07) is 0.252. The SMILES string of the molecule is CC1C=C(CCCCN(C)C(=O)c2c(N(C)C=O)cnn2C)ON1. The quantitative estimate of drug-likeness (QED) is 0.568. The van der Waals surface area contributed by atoms with Crippen LogP contribution in [0.3, 0.4) is 0 Å². The summed E-state index contributed by atoms with van der Waals surface area (Å²) in [4.78, 5) is 31.9. The van der Waals surface area contributed by atoms with Gasteiger partial charge in [-0.25, -0.2) is 0 Å². The lowest BCUT2D eigenvalue weighted by Gasteiger charge is -2.19. The molecule has 1 N–H and O–H groups in total. The number of carbonyl (C=O) groups excluding carboxylic acids is 2. The zero-order valence-corrected chi connectivity index (χ0v) is 14.7. The fraction of sp³-hybridized carbons (Fsp3) is 0.562. The molecule has 2 rings (SSSR count). The smallest absolute Gasteiger partial charge is 0.274 e. The van der Waals surface area contributed by atoms with Crippen LogP contribution >= 0.6 is 0 Å². The molecule has 132 valence electrons. The fourth-order valence-corrected chi connectivity index (χ4v) is 2.57. The average molecular weight is 335 g/mol. The number of hydroxylamine groups is 1. The normalized spacial score (nSPS) is 16.5. The molecule has 1 unspecified atom stereocenters. The summed E-state index contributed by atoms with van der Waals surface area (Å²) in [7, 11) is 5.06. The number of allylic oxidation sites excluding steroid dienone is 1. The van der Waals surface area contributed by atoms with Crippen molar-refractivity contribution in [3.05, 3.63) is 23.7 Å². The molecule has 2 amide bonds. The number of amides is 2. The van der Waals surface area contributed by atoms with E-state index in [4.69, 9.17) is 4.84 Å². The van der Waals surface area contributed by atoms with Crippen molar-refractivity contribution in [1.29, 1.82) is 0 Å². The molecule has 0 radical (unpaired) electrons. The van der Waals surface area contributed by atoms with Crippen molar-refractivity contribution >= 4 is 18.0 Å². The van der Waals surface area contributed by atoms with E-state index in [0.717, 1.165) is 25.0 Å². The lowest BCUT2D eigenvalue weighted by atomic mass is 10.2. The van der Waals surface area contributed by atoms with Crippen LogP contribution in [0.25, 0.3) is 0 Å². The number of nitrogens with one attached hydrogen (secondary N) is 1. The van der Waals surface area contributed by atoms with Crippen LogP contribution in [0.2, 0.25) is 0 Å². The summed E-state index contributed by atoms with van der Waals surface area (Å²) in [6.45, 7) is 2.66. The predicted octanol–water partition coefficient (Wildman–Crippen LogP) is 1.06. The standard InChI is InChI=1S/C16H25N5O3/c1-12-9-13(24-18-12)7-5-6-8-19(2)16(23)15-14(20(3)11-22)10-17-21(15)4/h9-12,18H,5-8H2,1-4H3. The number of carbonyl (C=O) groups is 2. The van der Waals surface area contributed by atoms with Gasteiger partial charge in [0.25, 0.3) is 5.91 Å². The number of aryl methyl sites for hydroxylation is 1. The van der Waals surface area contributed by atoms with Gasteiger partial charge in [-0.1, -0.05) is 0 Å². The third kappa shape index (κ3) is 4.14. The molecular formula is C16H25N5O3. The number of rotatable bonds is 8. The van der Waals surface area contributed by atoms with Gasteiger partial charge in [-0.15, -0.1) is 0 Å². The Morgan fingerprint density at radius 3 is 2.83 bits per heavy atom. The third-order valence-corrected chi connectivity index (χ3v) is 3.99. The van der Waals surface area contributed by atoms with Crippen LogP contribution in [-0.2, 0) is 16.7 Å². The molecule has 0 saturated carbocycles. The number of aromatic nitrogens is 2. The van der Waals surface area contributed by atoms with Crippen LogP contribution in [-0.4, -0.2) is 53.7 Å². The van der Waals surface area contributed by atoms with E-state index in [9.17, 15) is 9.59 Å². The van der Waals surface area contributed by atoms with Crippen LogP contribution in [0, 0.1) is 0 Å². The molecule has 2 heterocycles. The van der Waals surface area contributed by atoms with Crippen molar-refractivity contribution < 1.29 is 14.4 Å². The highest BCUT2D eigenvalue weighted by Gasteiger charge is 2.22. The maximum atomic E-state index is 12.6. The monoisotopic (exact) mass is 335 g/mol. The second-order valence-electron chi connectivity index (χ2n) is 6.04. The van der Waals surface area contributed by atoms with E-state index in [1.165, 1.54) is 15.8 Å². The van der Waals surface area contributed by atoms with Crippen molar-refractivity contribution in [1.82, 2.24) is 20.2 Å². The maximum Gasteiger partial charge on any atom is 0.274 e. The van der Waals surface area contributed by atoms with Gasteiger partial charge < -0.3 is 14.6 Å². The van der Waals surface area contributed by atoms with Crippen molar-refractivity contribution in [3.8, 4) is 0 Å². The number of hydrogen-bond acceptors (Lipinski definition) is 5. The summed E-state index contributed by atoms with van der Waals surface area (Å²) < 4.78 is 1.50. The van der Waals surface area contributed by atoms with Crippen LogP contribution in [0.1, 0.15) is 36.7 Å². The van der Waals surface area contributed by atoms with Gasteiger partial charge in [-0.2, -0.15) is 10.6 Å². The maximum absolute atomic E-state index is 12.6. The Hall–Kier alpha value is -2.35. The minimum Gasteiger partial charge on any atom is -0.413 e. The first kappa shape index (κ1) is 18.0. The second-order valence-corrected chi connectivity index (χ2v) is 6.04. The summed E-state index contributed by atoms with van der Waals surface area (Å²) in [5.74, 6) is 0.809. The molecule has 24 heavy (non-hydrogen) atoms. The van der Waals surface area contributed by atoms with Gasteiger partial charge in [0.1, 0.15) is 11.5 Å². The minimum absolute atomic E-state index is 0.148. The van der Waals surface area contributed by atoms with E-state index >= 15 is 0 Å². The fourth-order valence-electron chi connectivity index (χ4n) is 2.57. The second kappa shape index (κ2) is 7.96. The lowest BCUT2D eigenvalue weighted by Crippen LogP contribution is -2.31. The first-order valence-electron chi connectivity index (χ1n) is 8.02. The molecule has 0 aromatic carbocycles. The van der Waals surface area contributed by atoms with E-state index in [-0.39, 0.29) is 11.9 Å². The summed E-state index contributed by atoms with van der Waals surface area (Å²) in [5, 5.41) is 4.08. The van der Waals surface area contributed by atoms with Gasteiger partial charge in [0, 0.05) is 34.1 Å². The Morgan fingerprint density at radius 2 is 2.21 bits per heavy atom. The van der Waals surface area contributed by atoms with Crippen LogP contribution in [0.5, 0.6) is 0 Å². The third-order valence-electron chi connectivity index (χ3n) is 3.99. The predicted molar refractivity (Wildman–Crippen MR) is 90.3 cm³/mol. The molecule has 1 atom stereocenters. The van der Waals surface area contributed by atoms with Crippen molar-refractivity contribution in [3.63, 3.8) is 0 Å². The molecule has 8 nitrogen and oxygen atoms in total. The largest absolute Gasteiger partial charge is 0.413 e. The zero-order valence-electron chi connectivity index (χ0n) is 14.7. The van der Waals surface area contributed by atoms with Gasteiger partial charge >= 0.3 is 0 Å². The molecule has 0 spiro atoms. The van der Waals surface area contributed by atoms with Crippen molar-refractivity contribution in [2.75, 3.05) is 25.5 Å². The molecule has 0 aliphatic carbocycles. The molecular weight excluding hydrogens is 310 g/mol. The topological polar surface area (TPSA) is 79.7 Å². The van der Waals surface area contributed by atoms with Gasteiger partial charge in [-0.05, 0) is 25.8 Å². The first-order valence-corrected chi connectivity index (χ1v) is 8.02. The molecule has 1 aromatic heterocycles. The van der Waals surface area contributed by atoms with Crippen LogP contribution in [0.4, 0.5) is 5.69 Å². The Morgan fingerprint density at radius 1 is 1.46 bits per heavy atom. The molecule has 0 bridgehead atoms. The van der Waals surface area contributed by atoms with Crippen LogP contribution < -0.4 is 10.4 Å². The van der Waals surface area contributed by atoms with Crippen molar-refractivity contribution in [2.24, 2.45) is 7.05 Å². The molecule has 1 aliphatic heterocycles. The Balaban J connectivity index is 1.87. The number of hydrogen-bond donors (Lipinski definition) is 1. The Bertz CT molecular complexity index is 625. The highest BCUT2D eigenvalue weighted by molar-refractivity contribution is 5.99. The van der Waals surface area contributed by atoms with Crippen LogP contribution in [0.15, 0.2) is 18.0 Å². The van der Waals surface area contributed by atoms with E-state index in [1.807, 2.05) is 6.92 Å². The zero-order chi connectivity index (χ0) is 17.7. The lowest BCUT2D eigenvalue weighted by molar-refractivity contribution is -0.107. The number of anilines is 1. The number of unbranched alkanes of at least 4 members (excludes halogenated alkanes) is 1. The molecule has 0 fully saturated rings. The Labute approximate surface area is 142 Å². The van der Waals surface area contributed by atoms with E-state index in [2.05, 4.69) is 16.7 Å². The summed E-state index contributed by atoms with van der Waals surface area (Å²) >= 11 is 0. The minimum atomic E-state index is -0.148. The van der Waals surface area contributed by atoms with Crippen molar-refractivity contribution in [2.45, 2.75) is 32.2 Å². The van der Waals surface area contributed by atoms with Gasteiger partial charge in [0.05, 0.1) is 17.9 Å². The highest BCUT2D eigenvalue weighted by Crippen LogP contribution is 2.19. The molecule has 8 heteroatoms. The van der Waals surface area contributed by atoms with Gasteiger partial charge in [0.15, 0.2) is 0 Å². The van der Waals surface area contributed by atoms with Gasteiger partial charge in [-0.3, -0.25) is 14.3 Å². The van der Waals surface area contributed by atoms with E-state index in [1.54, 1.807) is 26.0 Å². The average Bonchev–Trinajstić information content (AvgIpc) is 3.15. The first-order chi connectivity index (χ1) is 11.4.